The van der Waals surface area contributed by atoms with E-state index in [1.807, 2.05) is 48.1 Å². The number of nitrogens with one attached hydrogen (secondary N) is 1. The third-order valence-electron chi connectivity index (χ3n) is 4.92. The van der Waals surface area contributed by atoms with Crippen LogP contribution in [-0.2, 0) is 11.8 Å². The molecule has 4 rings (SSSR count). The van der Waals surface area contributed by atoms with Gasteiger partial charge in [-0.15, -0.1) is 10.2 Å². The lowest BCUT2D eigenvalue weighted by molar-refractivity contribution is -0.120. The standard InChI is InChI=1S/C19H20ClN5O/c1-24-11-9-14-15(5-2-6-16(14)24)21-19(26)13-4-3-10-25(12-13)18-8-7-17(20)22-23-18/h2,5-9,11,13H,3-4,10,12H2,1H3,(H,21,26)/t13-/m0/s1. The number of fused-ring (bicyclic) bond motifs is 1. The van der Waals surface area contributed by atoms with E-state index in [1.54, 1.807) is 6.07 Å². The van der Waals surface area contributed by atoms with Crippen LogP contribution in [0.3, 0.4) is 0 Å². The number of piperidine rings is 1. The molecule has 0 bridgehead atoms. The summed E-state index contributed by atoms with van der Waals surface area (Å²) in [5.74, 6) is 0.727. The van der Waals surface area contributed by atoms with Crippen LogP contribution < -0.4 is 10.2 Å². The van der Waals surface area contributed by atoms with Crippen molar-refractivity contribution in [1.82, 2.24) is 14.8 Å². The fourth-order valence-corrected chi connectivity index (χ4v) is 3.62. The van der Waals surface area contributed by atoms with E-state index in [-0.39, 0.29) is 11.8 Å². The molecule has 1 fully saturated rings. The summed E-state index contributed by atoms with van der Waals surface area (Å²) < 4.78 is 2.05. The zero-order valence-electron chi connectivity index (χ0n) is 14.5. The molecule has 1 saturated heterocycles. The Morgan fingerprint density at radius 1 is 1.23 bits per heavy atom. The summed E-state index contributed by atoms with van der Waals surface area (Å²) in [4.78, 5) is 14.9. The zero-order chi connectivity index (χ0) is 18.1. The van der Waals surface area contributed by atoms with Gasteiger partial charge in [0.15, 0.2) is 11.0 Å². The smallest absolute Gasteiger partial charge is 0.229 e. The molecule has 0 aliphatic carbocycles. The Bertz CT molecular complexity index is 937. The summed E-state index contributed by atoms with van der Waals surface area (Å²) >= 11 is 5.81. The van der Waals surface area contributed by atoms with E-state index in [2.05, 4.69) is 20.4 Å². The Balaban J connectivity index is 1.49. The van der Waals surface area contributed by atoms with Crippen molar-refractivity contribution in [2.75, 3.05) is 23.3 Å². The normalized spacial score (nSPS) is 17.5. The van der Waals surface area contributed by atoms with Gasteiger partial charge in [0.1, 0.15) is 0 Å². The number of halogens is 1. The van der Waals surface area contributed by atoms with E-state index in [0.29, 0.717) is 11.7 Å². The van der Waals surface area contributed by atoms with Crippen LogP contribution in [0.5, 0.6) is 0 Å². The quantitative estimate of drug-likeness (QED) is 0.767. The molecule has 6 nitrogen and oxygen atoms in total. The topological polar surface area (TPSA) is 63.1 Å². The van der Waals surface area contributed by atoms with E-state index in [4.69, 9.17) is 11.6 Å². The van der Waals surface area contributed by atoms with Crippen LogP contribution in [0.4, 0.5) is 11.5 Å². The van der Waals surface area contributed by atoms with E-state index < -0.39 is 0 Å². The molecule has 0 unspecified atom stereocenters. The van der Waals surface area contributed by atoms with E-state index in [9.17, 15) is 4.79 Å². The Hall–Kier alpha value is -2.60. The molecule has 0 radical (unpaired) electrons. The SMILES string of the molecule is Cn1ccc2c(NC(=O)[C@H]3CCCN(c4ccc(Cl)nn4)C3)cccc21. The molecule has 3 aromatic rings. The number of nitrogens with zero attached hydrogens (tertiary/aromatic N) is 4. The number of rotatable bonds is 3. The predicted octanol–water partition coefficient (Wildman–Crippen LogP) is 3.48. The maximum atomic E-state index is 12.8. The monoisotopic (exact) mass is 369 g/mol. The Labute approximate surface area is 156 Å². The van der Waals surface area contributed by atoms with Crippen molar-refractivity contribution in [1.29, 1.82) is 0 Å². The molecule has 2 aromatic heterocycles. The largest absolute Gasteiger partial charge is 0.354 e. The summed E-state index contributed by atoms with van der Waals surface area (Å²) in [5.41, 5.74) is 1.96. The lowest BCUT2D eigenvalue weighted by Gasteiger charge is -2.32. The zero-order valence-corrected chi connectivity index (χ0v) is 15.3. The van der Waals surface area contributed by atoms with Crippen LogP contribution in [0.2, 0.25) is 5.15 Å². The number of carbonyl (C=O) groups excluding carboxylic acids is 1. The van der Waals surface area contributed by atoms with Crippen LogP contribution in [0, 0.1) is 5.92 Å². The average Bonchev–Trinajstić information content (AvgIpc) is 3.05. The van der Waals surface area contributed by atoms with Gasteiger partial charge in [0.2, 0.25) is 5.91 Å². The first kappa shape index (κ1) is 16.8. The predicted molar refractivity (Wildman–Crippen MR) is 104 cm³/mol. The first-order chi connectivity index (χ1) is 12.6. The lowest BCUT2D eigenvalue weighted by atomic mass is 9.97. The van der Waals surface area contributed by atoms with Gasteiger partial charge in [-0.3, -0.25) is 4.79 Å². The van der Waals surface area contributed by atoms with Crippen molar-refractivity contribution in [2.24, 2.45) is 13.0 Å². The van der Waals surface area contributed by atoms with Gasteiger partial charge in [0, 0.05) is 37.2 Å². The van der Waals surface area contributed by atoms with Gasteiger partial charge >= 0.3 is 0 Å². The molecule has 1 amide bonds. The van der Waals surface area contributed by atoms with Crippen molar-refractivity contribution in [3.05, 3.63) is 47.7 Å². The van der Waals surface area contributed by atoms with Crippen LogP contribution in [-0.4, -0.2) is 33.8 Å². The van der Waals surface area contributed by atoms with E-state index in [1.165, 1.54) is 0 Å². The maximum Gasteiger partial charge on any atom is 0.229 e. The fourth-order valence-electron chi connectivity index (χ4n) is 3.52. The number of benzene rings is 1. The van der Waals surface area contributed by atoms with Gasteiger partial charge in [0.25, 0.3) is 0 Å². The van der Waals surface area contributed by atoms with Crippen molar-refractivity contribution in [3.8, 4) is 0 Å². The highest BCUT2D eigenvalue weighted by Crippen LogP contribution is 2.27. The minimum Gasteiger partial charge on any atom is -0.354 e. The molecule has 1 atom stereocenters. The van der Waals surface area contributed by atoms with Crippen molar-refractivity contribution in [2.45, 2.75) is 12.8 Å². The molecule has 3 heterocycles. The molecule has 26 heavy (non-hydrogen) atoms. The highest BCUT2D eigenvalue weighted by Gasteiger charge is 2.27. The third-order valence-corrected chi connectivity index (χ3v) is 5.12. The van der Waals surface area contributed by atoms with Gasteiger partial charge in [0.05, 0.1) is 11.6 Å². The van der Waals surface area contributed by atoms with E-state index in [0.717, 1.165) is 41.8 Å². The first-order valence-electron chi connectivity index (χ1n) is 8.71. The minimum atomic E-state index is -0.0832. The van der Waals surface area contributed by atoms with Crippen molar-refractivity contribution >= 4 is 39.9 Å². The molecule has 7 heteroatoms. The van der Waals surface area contributed by atoms with Crippen molar-refractivity contribution < 1.29 is 4.79 Å². The molecule has 0 saturated carbocycles. The Kier molecular flexibility index (Phi) is 4.51. The molecule has 1 aliphatic rings. The average molecular weight is 370 g/mol. The number of amides is 1. The molecular weight excluding hydrogens is 350 g/mol. The van der Waals surface area contributed by atoms with Crippen molar-refractivity contribution in [3.63, 3.8) is 0 Å². The van der Waals surface area contributed by atoms with Gasteiger partial charge < -0.3 is 14.8 Å². The molecule has 1 N–H and O–H groups in total. The molecular formula is C19H20ClN5O. The number of hydrogen-bond donors (Lipinski definition) is 1. The summed E-state index contributed by atoms with van der Waals surface area (Å²) in [6.07, 6.45) is 3.81. The summed E-state index contributed by atoms with van der Waals surface area (Å²) in [6.45, 7) is 1.50. The van der Waals surface area contributed by atoms with Crippen LogP contribution in [0.25, 0.3) is 10.9 Å². The molecule has 1 aliphatic heterocycles. The Morgan fingerprint density at radius 2 is 2.12 bits per heavy atom. The summed E-state index contributed by atoms with van der Waals surface area (Å²) in [5, 5.41) is 12.6. The number of aromatic nitrogens is 3. The highest BCUT2D eigenvalue weighted by atomic mass is 35.5. The van der Waals surface area contributed by atoms with Crippen LogP contribution >= 0.6 is 11.6 Å². The van der Waals surface area contributed by atoms with Crippen LogP contribution in [0.1, 0.15) is 12.8 Å². The summed E-state index contributed by atoms with van der Waals surface area (Å²) in [7, 11) is 2.00. The Morgan fingerprint density at radius 3 is 2.92 bits per heavy atom. The second-order valence-corrected chi connectivity index (χ2v) is 7.04. The van der Waals surface area contributed by atoms with Gasteiger partial charge in [-0.2, -0.15) is 0 Å². The number of aryl methyl sites for hydroxylation is 1. The third kappa shape index (κ3) is 3.24. The second kappa shape index (κ2) is 6.96. The van der Waals surface area contributed by atoms with Gasteiger partial charge in [-0.05, 0) is 43.2 Å². The number of hydrogen-bond acceptors (Lipinski definition) is 4. The van der Waals surface area contributed by atoms with E-state index >= 15 is 0 Å². The number of anilines is 2. The fraction of sp³-hybridized carbons (Fsp3) is 0.316. The highest BCUT2D eigenvalue weighted by molar-refractivity contribution is 6.29. The van der Waals surface area contributed by atoms with Gasteiger partial charge in [-0.1, -0.05) is 17.7 Å². The number of carbonyl (C=O) groups is 1. The summed E-state index contributed by atoms with van der Waals surface area (Å²) in [6, 6.07) is 11.6. The van der Waals surface area contributed by atoms with Crippen LogP contribution in [0.15, 0.2) is 42.6 Å². The molecule has 0 spiro atoms. The molecule has 1 aromatic carbocycles. The van der Waals surface area contributed by atoms with Gasteiger partial charge in [-0.25, -0.2) is 0 Å². The lowest BCUT2D eigenvalue weighted by Crippen LogP contribution is -2.41. The molecule has 134 valence electrons. The maximum absolute atomic E-state index is 12.8. The second-order valence-electron chi connectivity index (χ2n) is 6.65. The first-order valence-corrected chi connectivity index (χ1v) is 9.09. The minimum absolute atomic E-state index is 0.0491.